The molecule has 0 spiro atoms. The molecule has 0 saturated heterocycles. The van der Waals surface area contributed by atoms with Gasteiger partial charge in [0.2, 0.25) is 0 Å². The van der Waals surface area contributed by atoms with Crippen LogP contribution in [-0.2, 0) is 20.9 Å². The molecule has 0 saturated carbocycles. The number of esters is 1. The van der Waals surface area contributed by atoms with Gasteiger partial charge in [-0.3, -0.25) is 4.79 Å². The van der Waals surface area contributed by atoms with Gasteiger partial charge in [-0.25, -0.2) is 4.79 Å². The average molecular weight is 432 g/mol. The van der Waals surface area contributed by atoms with Gasteiger partial charge < -0.3 is 14.8 Å². The van der Waals surface area contributed by atoms with Gasteiger partial charge in [-0.15, -0.1) is 0 Å². The molecule has 32 heavy (non-hydrogen) atoms. The minimum atomic E-state index is -0.468. The molecule has 1 heterocycles. The topological polar surface area (TPSA) is 64.6 Å². The van der Waals surface area contributed by atoms with E-state index in [1.165, 1.54) is 0 Å². The molecule has 2 aromatic carbocycles. The van der Waals surface area contributed by atoms with Crippen LogP contribution >= 0.6 is 0 Å². The first-order valence-electron chi connectivity index (χ1n) is 10.9. The lowest BCUT2D eigenvalue weighted by atomic mass is 9.68. The number of dihydropyridines is 1. The number of ketones is 1. The van der Waals surface area contributed by atoms with Crippen molar-refractivity contribution in [2.24, 2.45) is 5.41 Å². The summed E-state index contributed by atoms with van der Waals surface area (Å²) in [7, 11) is 1.61. The van der Waals surface area contributed by atoms with Crippen molar-refractivity contribution in [1.82, 2.24) is 5.32 Å². The fourth-order valence-corrected chi connectivity index (χ4v) is 4.64. The molecule has 0 amide bonds. The van der Waals surface area contributed by atoms with Crippen LogP contribution in [0.5, 0.6) is 5.75 Å². The first-order valence-corrected chi connectivity index (χ1v) is 10.9. The lowest BCUT2D eigenvalue weighted by Crippen LogP contribution is -2.38. The first-order chi connectivity index (χ1) is 15.3. The van der Waals surface area contributed by atoms with Crippen LogP contribution in [0.25, 0.3) is 0 Å². The number of rotatable bonds is 5. The fourth-order valence-electron chi connectivity index (χ4n) is 4.64. The van der Waals surface area contributed by atoms with Crippen molar-refractivity contribution in [3.05, 3.63) is 88.3 Å². The molecule has 1 aliphatic heterocycles. The van der Waals surface area contributed by atoms with Crippen LogP contribution in [-0.4, -0.2) is 18.9 Å². The van der Waals surface area contributed by atoms with Gasteiger partial charge in [-0.1, -0.05) is 56.3 Å². The molecular weight excluding hydrogens is 402 g/mol. The summed E-state index contributed by atoms with van der Waals surface area (Å²) in [6.45, 7) is 6.26. The van der Waals surface area contributed by atoms with Gasteiger partial charge in [0.15, 0.2) is 5.78 Å². The zero-order valence-corrected chi connectivity index (χ0v) is 19.0. The van der Waals surface area contributed by atoms with Crippen LogP contribution in [0, 0.1) is 5.41 Å². The van der Waals surface area contributed by atoms with E-state index in [0.29, 0.717) is 17.6 Å². The van der Waals surface area contributed by atoms with Crippen molar-refractivity contribution in [2.75, 3.05) is 7.11 Å². The Hall–Kier alpha value is -3.34. The number of Topliss-reactive ketones (excluding diaryl/α,β-unsaturated/α-hetero) is 1. The second-order valence-electron chi connectivity index (χ2n) is 9.26. The summed E-state index contributed by atoms with van der Waals surface area (Å²) in [4.78, 5) is 26.6. The Kier molecular flexibility index (Phi) is 5.92. The van der Waals surface area contributed by atoms with Crippen LogP contribution in [0.15, 0.2) is 77.1 Å². The van der Waals surface area contributed by atoms with Crippen molar-refractivity contribution in [3.63, 3.8) is 0 Å². The monoisotopic (exact) mass is 431 g/mol. The summed E-state index contributed by atoms with van der Waals surface area (Å²) in [6.07, 6.45) is 1.20. The lowest BCUT2D eigenvalue weighted by molar-refractivity contribution is -0.140. The van der Waals surface area contributed by atoms with Gasteiger partial charge in [-0.2, -0.15) is 0 Å². The van der Waals surface area contributed by atoms with Gasteiger partial charge >= 0.3 is 5.97 Å². The SMILES string of the molecule is COc1ccc(C2C(C(=O)OCc3ccccc3)=C(C)NC3=C2C(=O)CC(C)(C)C3)cc1. The van der Waals surface area contributed by atoms with Crippen molar-refractivity contribution in [2.45, 2.75) is 46.1 Å². The molecule has 2 aliphatic rings. The number of carbonyl (C=O) groups is 2. The summed E-state index contributed by atoms with van der Waals surface area (Å²) in [5.41, 5.74) is 4.46. The zero-order chi connectivity index (χ0) is 22.9. The van der Waals surface area contributed by atoms with E-state index in [0.717, 1.165) is 34.7 Å². The summed E-state index contributed by atoms with van der Waals surface area (Å²) in [5.74, 6) is -0.0831. The van der Waals surface area contributed by atoms with Crippen molar-refractivity contribution in [3.8, 4) is 5.75 Å². The van der Waals surface area contributed by atoms with E-state index in [2.05, 4.69) is 19.2 Å². The molecule has 0 fully saturated rings. The third-order valence-electron chi connectivity index (χ3n) is 6.12. The van der Waals surface area contributed by atoms with Gasteiger partial charge in [0.25, 0.3) is 0 Å². The van der Waals surface area contributed by atoms with Gasteiger partial charge in [-0.05, 0) is 42.0 Å². The zero-order valence-electron chi connectivity index (χ0n) is 19.0. The van der Waals surface area contributed by atoms with E-state index in [4.69, 9.17) is 9.47 Å². The number of nitrogens with one attached hydrogen (secondary N) is 1. The Morgan fingerprint density at radius 1 is 1.06 bits per heavy atom. The maximum atomic E-state index is 13.3. The molecule has 0 bridgehead atoms. The third kappa shape index (κ3) is 4.33. The molecule has 0 radical (unpaired) electrons. The Labute approximate surface area is 189 Å². The van der Waals surface area contributed by atoms with E-state index >= 15 is 0 Å². The van der Waals surface area contributed by atoms with Gasteiger partial charge in [0.1, 0.15) is 12.4 Å². The quantitative estimate of drug-likeness (QED) is 0.672. The van der Waals surface area contributed by atoms with E-state index in [9.17, 15) is 9.59 Å². The molecule has 1 N–H and O–H groups in total. The number of ether oxygens (including phenoxy) is 2. The fraction of sp³-hybridized carbons (Fsp3) is 0.333. The highest BCUT2D eigenvalue weighted by Gasteiger charge is 2.43. The Bertz CT molecular complexity index is 1090. The largest absolute Gasteiger partial charge is 0.497 e. The molecule has 166 valence electrons. The minimum absolute atomic E-state index is 0.0745. The van der Waals surface area contributed by atoms with E-state index in [1.54, 1.807) is 7.11 Å². The lowest BCUT2D eigenvalue weighted by Gasteiger charge is -2.39. The average Bonchev–Trinajstić information content (AvgIpc) is 2.76. The van der Waals surface area contributed by atoms with Crippen molar-refractivity contribution in [1.29, 1.82) is 0 Å². The highest BCUT2D eigenvalue weighted by atomic mass is 16.5. The van der Waals surface area contributed by atoms with Crippen LogP contribution in [0.2, 0.25) is 0 Å². The second-order valence-corrected chi connectivity index (χ2v) is 9.26. The summed E-state index contributed by atoms with van der Waals surface area (Å²) in [5, 5.41) is 3.37. The number of benzene rings is 2. The maximum absolute atomic E-state index is 13.3. The summed E-state index contributed by atoms with van der Waals surface area (Å²) >= 11 is 0. The molecule has 1 aliphatic carbocycles. The van der Waals surface area contributed by atoms with Crippen molar-refractivity contribution >= 4 is 11.8 Å². The molecular formula is C27H29NO4. The normalized spacial score (nSPS) is 19.9. The Morgan fingerprint density at radius 3 is 2.41 bits per heavy atom. The second kappa shape index (κ2) is 8.65. The predicted octanol–water partition coefficient (Wildman–Crippen LogP) is 5.04. The molecule has 2 aromatic rings. The number of carbonyl (C=O) groups excluding carboxylic acids is 2. The minimum Gasteiger partial charge on any atom is -0.497 e. The van der Waals surface area contributed by atoms with Gasteiger partial charge in [0.05, 0.1) is 12.7 Å². The predicted molar refractivity (Wildman–Crippen MR) is 123 cm³/mol. The summed E-state index contributed by atoms with van der Waals surface area (Å²) in [6, 6.07) is 17.1. The first kappa shape index (κ1) is 21.9. The molecule has 5 heteroatoms. The Balaban J connectivity index is 1.73. The van der Waals surface area contributed by atoms with Crippen LogP contribution in [0.4, 0.5) is 0 Å². The third-order valence-corrected chi connectivity index (χ3v) is 6.12. The number of hydrogen-bond donors (Lipinski definition) is 1. The van der Waals surface area contributed by atoms with Crippen LogP contribution in [0.1, 0.15) is 50.7 Å². The highest BCUT2D eigenvalue weighted by Crippen LogP contribution is 2.47. The number of allylic oxidation sites excluding steroid dienone is 3. The molecule has 1 unspecified atom stereocenters. The van der Waals surface area contributed by atoms with Crippen LogP contribution in [0.3, 0.4) is 0 Å². The number of hydrogen-bond acceptors (Lipinski definition) is 5. The van der Waals surface area contributed by atoms with E-state index in [1.807, 2.05) is 61.5 Å². The smallest absolute Gasteiger partial charge is 0.337 e. The maximum Gasteiger partial charge on any atom is 0.337 e. The van der Waals surface area contributed by atoms with Crippen molar-refractivity contribution < 1.29 is 19.1 Å². The van der Waals surface area contributed by atoms with Crippen LogP contribution < -0.4 is 10.1 Å². The Morgan fingerprint density at radius 2 is 1.75 bits per heavy atom. The van der Waals surface area contributed by atoms with E-state index in [-0.39, 0.29) is 17.8 Å². The highest BCUT2D eigenvalue weighted by molar-refractivity contribution is 6.04. The standard InChI is InChI=1S/C27H29NO4/c1-17-23(26(30)32-16-18-8-6-5-7-9-18)24(19-10-12-20(31-4)13-11-19)25-21(28-17)14-27(2,3)15-22(25)29/h5-13,24,28H,14-16H2,1-4H3. The molecule has 5 nitrogen and oxygen atoms in total. The molecule has 0 aromatic heterocycles. The summed E-state index contributed by atoms with van der Waals surface area (Å²) < 4.78 is 11.0. The van der Waals surface area contributed by atoms with Gasteiger partial charge in [0, 0.05) is 29.3 Å². The number of methoxy groups -OCH3 is 1. The van der Waals surface area contributed by atoms with E-state index < -0.39 is 11.9 Å². The molecule has 4 rings (SSSR count). The molecule has 1 atom stereocenters.